The van der Waals surface area contributed by atoms with Gasteiger partial charge in [-0.3, -0.25) is 28.8 Å². The van der Waals surface area contributed by atoms with Crippen molar-refractivity contribution in [2.24, 2.45) is 23.1 Å². The summed E-state index contributed by atoms with van der Waals surface area (Å²) < 4.78 is 0. The van der Waals surface area contributed by atoms with Crippen molar-refractivity contribution >= 4 is 41.5 Å². The molecule has 0 fully saturated rings. The van der Waals surface area contributed by atoms with Gasteiger partial charge in [-0.1, -0.05) is 13.8 Å². The minimum absolute atomic E-state index is 0.0509. The van der Waals surface area contributed by atoms with Crippen molar-refractivity contribution in [3.05, 3.63) is 0 Å². The van der Waals surface area contributed by atoms with Crippen molar-refractivity contribution in [1.29, 1.82) is 0 Å². The number of carbonyl (C=O) groups is 7. The summed E-state index contributed by atoms with van der Waals surface area (Å²) >= 11 is 0. The number of rotatable bonds is 17. The smallest absolute Gasteiger partial charge is 0.326 e. The SMILES string of the molecule is CC(C)CC(NC(=O)C(CC(=O)O)NC(=O)C(CCC(N)=O)NC(=O)C(N)CCC(N)=O)C(=O)O. The van der Waals surface area contributed by atoms with Gasteiger partial charge in [0.2, 0.25) is 29.5 Å². The molecule has 4 unspecified atom stereocenters. The number of carboxylic acids is 2. The lowest BCUT2D eigenvalue weighted by atomic mass is 10.0. The monoisotopic (exact) mass is 502 g/mol. The Balaban J connectivity index is 5.57. The van der Waals surface area contributed by atoms with E-state index < -0.39 is 72.1 Å². The van der Waals surface area contributed by atoms with Crippen LogP contribution in [0.25, 0.3) is 0 Å². The third-order valence-corrected chi connectivity index (χ3v) is 4.68. The van der Waals surface area contributed by atoms with E-state index in [1.165, 1.54) is 0 Å². The number of primary amides is 2. The van der Waals surface area contributed by atoms with Gasteiger partial charge in [-0.2, -0.15) is 0 Å². The van der Waals surface area contributed by atoms with Crippen LogP contribution in [-0.4, -0.2) is 75.9 Å². The normalized spacial score (nSPS) is 14.2. The van der Waals surface area contributed by atoms with Crippen LogP contribution in [0.1, 0.15) is 52.4 Å². The Labute approximate surface area is 201 Å². The molecule has 0 radical (unpaired) electrons. The number of aliphatic carboxylic acids is 2. The molecule has 0 aromatic carbocycles. The number of hydrogen-bond donors (Lipinski definition) is 8. The first-order chi connectivity index (χ1) is 16.1. The highest BCUT2D eigenvalue weighted by atomic mass is 16.4. The third-order valence-electron chi connectivity index (χ3n) is 4.68. The molecular weight excluding hydrogens is 468 g/mol. The molecule has 0 heterocycles. The molecule has 0 aromatic rings. The number of hydrogen-bond acceptors (Lipinski definition) is 8. The summed E-state index contributed by atoms with van der Waals surface area (Å²) in [6.45, 7) is 3.44. The lowest BCUT2D eigenvalue weighted by Crippen LogP contribution is -2.57. The Bertz CT molecular complexity index is 817. The number of nitrogens with two attached hydrogens (primary N) is 3. The lowest BCUT2D eigenvalue weighted by molar-refractivity contribution is -0.144. The van der Waals surface area contributed by atoms with Gasteiger partial charge >= 0.3 is 11.9 Å². The van der Waals surface area contributed by atoms with E-state index in [-0.39, 0.29) is 38.0 Å². The molecule has 5 amide bonds. The van der Waals surface area contributed by atoms with Gasteiger partial charge in [0, 0.05) is 12.8 Å². The zero-order valence-corrected chi connectivity index (χ0v) is 19.6. The lowest BCUT2D eigenvalue weighted by Gasteiger charge is -2.24. The van der Waals surface area contributed by atoms with E-state index >= 15 is 0 Å². The maximum absolute atomic E-state index is 12.8. The molecular formula is C20H34N6O9. The summed E-state index contributed by atoms with van der Waals surface area (Å²) in [4.78, 5) is 82.4. The van der Waals surface area contributed by atoms with E-state index in [4.69, 9.17) is 22.3 Å². The molecule has 11 N–H and O–H groups in total. The molecule has 0 aromatic heterocycles. The van der Waals surface area contributed by atoms with Crippen molar-refractivity contribution in [2.75, 3.05) is 0 Å². The van der Waals surface area contributed by atoms with E-state index in [2.05, 4.69) is 16.0 Å². The van der Waals surface area contributed by atoms with Gasteiger partial charge in [0.1, 0.15) is 18.1 Å². The van der Waals surface area contributed by atoms with Crippen LogP contribution in [0.3, 0.4) is 0 Å². The molecule has 0 spiro atoms. The molecule has 0 aliphatic rings. The largest absolute Gasteiger partial charge is 0.481 e. The maximum Gasteiger partial charge on any atom is 0.326 e. The Morgan fingerprint density at radius 3 is 1.63 bits per heavy atom. The maximum atomic E-state index is 12.8. The summed E-state index contributed by atoms with van der Waals surface area (Å²) in [5, 5.41) is 25.1. The van der Waals surface area contributed by atoms with E-state index in [0.29, 0.717) is 0 Å². The van der Waals surface area contributed by atoms with Gasteiger partial charge in [0.05, 0.1) is 12.5 Å². The minimum atomic E-state index is -1.69. The summed E-state index contributed by atoms with van der Waals surface area (Å²) in [7, 11) is 0. The number of carbonyl (C=O) groups excluding carboxylic acids is 5. The van der Waals surface area contributed by atoms with Crippen LogP contribution < -0.4 is 33.2 Å². The van der Waals surface area contributed by atoms with Gasteiger partial charge in [0.15, 0.2) is 0 Å². The first kappa shape index (κ1) is 31.2. The molecule has 15 heteroatoms. The highest BCUT2D eigenvalue weighted by Gasteiger charge is 2.32. The second-order valence-electron chi connectivity index (χ2n) is 8.37. The summed E-state index contributed by atoms with van der Waals surface area (Å²) in [5.41, 5.74) is 15.8. The fraction of sp³-hybridized carbons (Fsp3) is 0.650. The molecule has 0 saturated carbocycles. The second kappa shape index (κ2) is 15.2. The molecule has 15 nitrogen and oxygen atoms in total. The number of amides is 5. The average Bonchev–Trinajstić information content (AvgIpc) is 2.72. The Morgan fingerprint density at radius 1 is 0.714 bits per heavy atom. The van der Waals surface area contributed by atoms with Crippen LogP contribution in [0.2, 0.25) is 0 Å². The zero-order chi connectivity index (χ0) is 27.3. The van der Waals surface area contributed by atoms with Crippen LogP contribution in [0.4, 0.5) is 0 Å². The summed E-state index contributed by atoms with van der Waals surface area (Å²) in [6, 6.07) is -5.68. The van der Waals surface area contributed by atoms with Crippen molar-refractivity contribution in [3.8, 4) is 0 Å². The van der Waals surface area contributed by atoms with Gasteiger partial charge < -0.3 is 43.4 Å². The fourth-order valence-corrected chi connectivity index (χ4v) is 2.88. The molecule has 35 heavy (non-hydrogen) atoms. The van der Waals surface area contributed by atoms with Gasteiger partial charge in [-0.15, -0.1) is 0 Å². The third kappa shape index (κ3) is 13.5. The molecule has 0 aliphatic carbocycles. The Hall–Kier alpha value is -3.75. The first-order valence-electron chi connectivity index (χ1n) is 10.8. The van der Waals surface area contributed by atoms with Gasteiger partial charge in [0.25, 0.3) is 0 Å². The van der Waals surface area contributed by atoms with E-state index in [1.807, 2.05) is 0 Å². The first-order valence-corrected chi connectivity index (χ1v) is 10.8. The highest BCUT2D eigenvalue weighted by molar-refractivity contribution is 5.95. The van der Waals surface area contributed by atoms with Crippen molar-refractivity contribution in [1.82, 2.24) is 16.0 Å². The van der Waals surface area contributed by atoms with Crippen LogP contribution in [0.5, 0.6) is 0 Å². The molecule has 0 saturated heterocycles. The predicted octanol–water partition coefficient (Wildman–Crippen LogP) is -3.10. The number of carboxylic acid groups (broad SMARTS) is 2. The number of nitrogens with one attached hydrogen (secondary N) is 3. The second-order valence-corrected chi connectivity index (χ2v) is 8.37. The standard InChI is InChI=1S/C20H34N6O9/c1-9(2)7-13(20(34)35)26-19(33)12(8-16(29)30)25-18(32)11(4-6-15(23)28)24-17(31)10(21)3-5-14(22)27/h9-13H,3-8,21H2,1-2H3,(H2,22,27)(H2,23,28)(H,24,31)(H,25,32)(H,26,33)(H,29,30)(H,34,35). The van der Waals surface area contributed by atoms with Crippen LogP contribution in [0, 0.1) is 5.92 Å². The zero-order valence-electron chi connectivity index (χ0n) is 19.6. The predicted molar refractivity (Wildman–Crippen MR) is 120 cm³/mol. The molecule has 0 bridgehead atoms. The highest BCUT2D eigenvalue weighted by Crippen LogP contribution is 2.07. The molecule has 4 atom stereocenters. The average molecular weight is 503 g/mol. The van der Waals surface area contributed by atoms with E-state index in [0.717, 1.165) is 0 Å². The molecule has 0 aliphatic heterocycles. The summed E-state index contributed by atoms with van der Waals surface area (Å²) in [6.07, 6.45) is -1.81. The van der Waals surface area contributed by atoms with Gasteiger partial charge in [-0.05, 0) is 25.2 Å². The Kier molecular flexibility index (Phi) is 13.6. The topological polar surface area (TPSA) is 274 Å². The Morgan fingerprint density at radius 2 is 1.17 bits per heavy atom. The van der Waals surface area contributed by atoms with Crippen molar-refractivity contribution in [3.63, 3.8) is 0 Å². The van der Waals surface area contributed by atoms with Crippen molar-refractivity contribution in [2.45, 2.75) is 76.5 Å². The summed E-state index contributed by atoms with van der Waals surface area (Å²) in [5.74, 6) is -7.37. The molecule has 0 rings (SSSR count). The van der Waals surface area contributed by atoms with E-state index in [9.17, 15) is 38.7 Å². The van der Waals surface area contributed by atoms with Crippen LogP contribution >= 0.6 is 0 Å². The minimum Gasteiger partial charge on any atom is -0.481 e. The van der Waals surface area contributed by atoms with Crippen LogP contribution in [-0.2, 0) is 33.6 Å². The van der Waals surface area contributed by atoms with Crippen LogP contribution in [0.15, 0.2) is 0 Å². The molecule has 198 valence electrons. The quantitative estimate of drug-likeness (QED) is 0.0991. The van der Waals surface area contributed by atoms with Crippen molar-refractivity contribution < 1.29 is 43.8 Å². The van der Waals surface area contributed by atoms with Gasteiger partial charge in [-0.25, -0.2) is 4.79 Å². The fourth-order valence-electron chi connectivity index (χ4n) is 2.88. The van der Waals surface area contributed by atoms with E-state index in [1.54, 1.807) is 13.8 Å².